The van der Waals surface area contributed by atoms with Crippen LogP contribution < -0.4 is 19.7 Å². The first-order chi connectivity index (χ1) is 13.0. The van der Waals surface area contributed by atoms with Crippen molar-refractivity contribution in [3.63, 3.8) is 0 Å². The number of nitrogens with zero attached hydrogens (tertiary/aromatic N) is 3. The standard InChI is InChI=1S/C20H26N4O3/c1-23(2)19-9-14(5-7-21-19)12-22-20(25)24-8-6-15-10-17(26-3)18(27-4)11-16(15)13-24/h5,7,9-11H,6,8,12-13H2,1-4H3,(H,22,25). The highest BCUT2D eigenvalue weighted by molar-refractivity contribution is 5.74. The molecule has 0 fully saturated rings. The van der Waals surface area contributed by atoms with E-state index in [9.17, 15) is 4.79 Å². The third kappa shape index (κ3) is 4.24. The Morgan fingerprint density at radius 1 is 1.19 bits per heavy atom. The smallest absolute Gasteiger partial charge is 0.317 e. The molecule has 3 rings (SSSR count). The Kier molecular flexibility index (Phi) is 5.69. The summed E-state index contributed by atoms with van der Waals surface area (Å²) in [6, 6.07) is 7.78. The van der Waals surface area contributed by atoms with Crippen LogP contribution in [0.4, 0.5) is 10.6 Å². The Morgan fingerprint density at radius 2 is 1.89 bits per heavy atom. The lowest BCUT2D eigenvalue weighted by Gasteiger charge is -2.29. The van der Waals surface area contributed by atoms with Gasteiger partial charge in [-0.3, -0.25) is 0 Å². The van der Waals surface area contributed by atoms with E-state index in [1.54, 1.807) is 20.4 Å². The third-order valence-corrected chi connectivity index (χ3v) is 4.72. The summed E-state index contributed by atoms with van der Waals surface area (Å²) in [7, 11) is 7.14. The van der Waals surface area contributed by atoms with Crippen molar-refractivity contribution in [1.82, 2.24) is 15.2 Å². The van der Waals surface area contributed by atoms with Crippen LogP contribution in [0.5, 0.6) is 11.5 Å². The summed E-state index contributed by atoms with van der Waals surface area (Å²) in [5.74, 6) is 2.28. The van der Waals surface area contributed by atoms with Crippen molar-refractivity contribution in [1.29, 1.82) is 0 Å². The van der Waals surface area contributed by atoms with E-state index in [0.717, 1.165) is 29.1 Å². The highest BCUT2D eigenvalue weighted by Gasteiger charge is 2.22. The zero-order valence-electron chi connectivity index (χ0n) is 16.3. The van der Waals surface area contributed by atoms with Crippen LogP contribution in [-0.4, -0.2) is 50.8 Å². The van der Waals surface area contributed by atoms with Crippen molar-refractivity contribution >= 4 is 11.8 Å². The van der Waals surface area contributed by atoms with Gasteiger partial charge < -0.3 is 24.6 Å². The summed E-state index contributed by atoms with van der Waals surface area (Å²) in [5.41, 5.74) is 3.31. The molecule has 2 aromatic rings. The molecule has 0 radical (unpaired) electrons. The molecule has 0 unspecified atom stereocenters. The van der Waals surface area contributed by atoms with Crippen molar-refractivity contribution < 1.29 is 14.3 Å². The van der Waals surface area contributed by atoms with E-state index in [-0.39, 0.29) is 6.03 Å². The molecule has 0 saturated heterocycles. The Bertz CT molecular complexity index is 823. The average Bonchev–Trinajstić information content (AvgIpc) is 2.70. The van der Waals surface area contributed by atoms with Gasteiger partial charge in [-0.05, 0) is 47.4 Å². The summed E-state index contributed by atoms with van der Waals surface area (Å²) in [6.07, 6.45) is 2.55. The molecule has 0 saturated carbocycles. The lowest BCUT2D eigenvalue weighted by molar-refractivity contribution is 0.191. The number of hydrogen-bond acceptors (Lipinski definition) is 5. The highest BCUT2D eigenvalue weighted by atomic mass is 16.5. The highest BCUT2D eigenvalue weighted by Crippen LogP contribution is 2.33. The predicted octanol–water partition coefficient (Wildman–Crippen LogP) is 2.43. The van der Waals surface area contributed by atoms with Gasteiger partial charge in [0.25, 0.3) is 0 Å². The predicted molar refractivity (Wildman–Crippen MR) is 104 cm³/mol. The molecule has 1 aromatic carbocycles. The van der Waals surface area contributed by atoms with Crippen LogP contribution in [0.15, 0.2) is 30.5 Å². The summed E-state index contributed by atoms with van der Waals surface area (Å²) >= 11 is 0. The molecule has 1 aromatic heterocycles. The van der Waals surface area contributed by atoms with Crippen molar-refractivity contribution in [2.75, 3.05) is 39.8 Å². The van der Waals surface area contributed by atoms with Crippen LogP contribution in [0.2, 0.25) is 0 Å². The largest absolute Gasteiger partial charge is 0.493 e. The quantitative estimate of drug-likeness (QED) is 0.876. The van der Waals surface area contributed by atoms with Crippen LogP contribution in [0.1, 0.15) is 16.7 Å². The average molecular weight is 370 g/mol. The second kappa shape index (κ2) is 8.16. The van der Waals surface area contributed by atoms with Gasteiger partial charge in [-0.15, -0.1) is 0 Å². The molecule has 0 bridgehead atoms. The molecule has 1 aliphatic heterocycles. The lowest BCUT2D eigenvalue weighted by Crippen LogP contribution is -2.42. The van der Waals surface area contributed by atoms with Gasteiger partial charge in [0.1, 0.15) is 5.82 Å². The summed E-state index contributed by atoms with van der Waals surface area (Å²) in [4.78, 5) is 20.7. The van der Waals surface area contributed by atoms with Crippen molar-refractivity contribution in [2.45, 2.75) is 19.5 Å². The molecular formula is C20H26N4O3. The number of hydrogen-bond donors (Lipinski definition) is 1. The van der Waals surface area contributed by atoms with E-state index < -0.39 is 0 Å². The van der Waals surface area contributed by atoms with Gasteiger partial charge in [-0.2, -0.15) is 0 Å². The minimum absolute atomic E-state index is 0.0707. The van der Waals surface area contributed by atoms with Gasteiger partial charge in [0.15, 0.2) is 11.5 Å². The van der Waals surface area contributed by atoms with E-state index in [2.05, 4.69) is 10.3 Å². The summed E-state index contributed by atoms with van der Waals surface area (Å²) < 4.78 is 10.7. The number of rotatable bonds is 5. The monoisotopic (exact) mass is 370 g/mol. The number of methoxy groups -OCH3 is 2. The molecule has 27 heavy (non-hydrogen) atoms. The third-order valence-electron chi connectivity index (χ3n) is 4.72. The Balaban J connectivity index is 1.65. The van der Waals surface area contributed by atoms with Gasteiger partial charge in [0.2, 0.25) is 0 Å². The van der Waals surface area contributed by atoms with Crippen LogP contribution >= 0.6 is 0 Å². The minimum atomic E-state index is -0.0707. The number of nitrogens with one attached hydrogen (secondary N) is 1. The first-order valence-electron chi connectivity index (χ1n) is 8.90. The van der Waals surface area contributed by atoms with Crippen molar-refractivity contribution in [3.05, 3.63) is 47.2 Å². The van der Waals surface area contributed by atoms with E-state index in [1.807, 2.05) is 48.2 Å². The number of urea groups is 1. The number of carbonyl (C=O) groups excluding carboxylic acids is 1. The van der Waals surface area contributed by atoms with Crippen LogP contribution in [0.3, 0.4) is 0 Å². The van der Waals surface area contributed by atoms with E-state index >= 15 is 0 Å². The second-order valence-corrected chi connectivity index (χ2v) is 6.72. The Morgan fingerprint density at radius 3 is 2.56 bits per heavy atom. The molecule has 2 amide bonds. The second-order valence-electron chi connectivity index (χ2n) is 6.72. The zero-order valence-corrected chi connectivity index (χ0v) is 16.3. The number of pyridine rings is 1. The van der Waals surface area contributed by atoms with Gasteiger partial charge in [-0.1, -0.05) is 0 Å². The Labute approximate surface area is 159 Å². The van der Waals surface area contributed by atoms with Crippen molar-refractivity contribution in [3.8, 4) is 11.5 Å². The topological polar surface area (TPSA) is 66.9 Å². The number of anilines is 1. The molecule has 144 valence electrons. The fourth-order valence-corrected chi connectivity index (χ4v) is 3.16. The number of carbonyl (C=O) groups is 1. The summed E-state index contributed by atoms with van der Waals surface area (Å²) in [5, 5.41) is 3.00. The zero-order chi connectivity index (χ0) is 19.4. The van der Waals surface area contributed by atoms with Gasteiger partial charge in [-0.25, -0.2) is 9.78 Å². The number of amides is 2. The van der Waals surface area contributed by atoms with E-state index in [4.69, 9.17) is 9.47 Å². The Hall–Kier alpha value is -2.96. The SMILES string of the molecule is COc1cc2c(cc1OC)CN(C(=O)NCc1ccnc(N(C)C)c1)CC2. The van der Waals surface area contributed by atoms with Gasteiger partial charge >= 0.3 is 6.03 Å². The first-order valence-corrected chi connectivity index (χ1v) is 8.90. The van der Waals surface area contributed by atoms with Gasteiger partial charge in [0.05, 0.1) is 14.2 Å². The van der Waals surface area contributed by atoms with Gasteiger partial charge in [0, 0.05) is 39.9 Å². The first kappa shape index (κ1) is 18.8. The molecule has 1 aliphatic rings. The van der Waals surface area contributed by atoms with Crippen LogP contribution in [0.25, 0.3) is 0 Å². The maximum Gasteiger partial charge on any atom is 0.317 e. The molecule has 2 heterocycles. The molecule has 0 aliphatic carbocycles. The van der Waals surface area contributed by atoms with Crippen LogP contribution in [-0.2, 0) is 19.5 Å². The molecule has 7 nitrogen and oxygen atoms in total. The van der Waals surface area contributed by atoms with E-state index in [0.29, 0.717) is 25.4 Å². The summed E-state index contributed by atoms with van der Waals surface area (Å²) in [6.45, 7) is 1.70. The maximum atomic E-state index is 12.6. The fourth-order valence-electron chi connectivity index (χ4n) is 3.16. The molecular weight excluding hydrogens is 344 g/mol. The molecule has 0 spiro atoms. The molecule has 7 heteroatoms. The van der Waals surface area contributed by atoms with E-state index in [1.165, 1.54) is 5.56 Å². The minimum Gasteiger partial charge on any atom is -0.493 e. The lowest BCUT2D eigenvalue weighted by atomic mass is 9.99. The number of benzene rings is 1. The molecule has 0 atom stereocenters. The van der Waals surface area contributed by atoms with Crippen molar-refractivity contribution in [2.24, 2.45) is 0 Å². The van der Waals surface area contributed by atoms with Crippen LogP contribution in [0, 0.1) is 0 Å². The normalized spacial score (nSPS) is 13.0. The maximum absolute atomic E-state index is 12.6. The molecule has 1 N–H and O–H groups in total. The number of aromatic nitrogens is 1. The number of ether oxygens (including phenoxy) is 2. The number of fused-ring (bicyclic) bond motifs is 1. The fraction of sp³-hybridized carbons (Fsp3) is 0.400.